The van der Waals surface area contributed by atoms with Gasteiger partial charge in [0, 0.05) is 26.4 Å². The summed E-state index contributed by atoms with van der Waals surface area (Å²) in [7, 11) is 2.49. The number of carbonyl (C=O) groups is 6. The summed E-state index contributed by atoms with van der Waals surface area (Å²) in [4.78, 5) is 94.2. The largest absolute Gasteiger partial charge is 0.465 e. The zero-order valence-electron chi connectivity index (χ0n) is 47.8. The Morgan fingerprint density at radius 1 is 0.575 bits per heavy atom. The monoisotopic (exact) mass is 1190 g/mol. The van der Waals surface area contributed by atoms with Crippen LogP contribution in [0.15, 0.2) is 200 Å². The van der Waals surface area contributed by atoms with Gasteiger partial charge in [0.25, 0.3) is 5.79 Å². The topological polar surface area (TPSA) is 251 Å². The Bertz CT molecular complexity index is 3320. The Morgan fingerprint density at radius 3 is 1.55 bits per heavy atom. The number of ether oxygens (including phenoxy) is 12. The van der Waals surface area contributed by atoms with E-state index >= 15 is 4.79 Å². The van der Waals surface area contributed by atoms with Crippen molar-refractivity contribution in [2.75, 3.05) is 27.4 Å². The van der Waals surface area contributed by atoms with Gasteiger partial charge in [0.2, 0.25) is 5.91 Å². The Hall–Kier alpha value is -9.06. The fourth-order valence-electron chi connectivity index (χ4n) is 9.96. The lowest BCUT2D eigenvalue weighted by atomic mass is 9.87. The first kappa shape index (κ1) is 62.5. The molecule has 452 valence electrons. The van der Waals surface area contributed by atoms with Gasteiger partial charge in [0.15, 0.2) is 18.5 Å². The second kappa shape index (κ2) is 30.8. The summed E-state index contributed by atoms with van der Waals surface area (Å²) in [6, 6.07) is 51.2. The second-order valence-corrected chi connectivity index (χ2v) is 20.1. The zero-order chi connectivity index (χ0) is 61.0. The first-order chi connectivity index (χ1) is 42.4. The number of benzene rings is 5. The van der Waals surface area contributed by atoms with E-state index in [0.29, 0.717) is 0 Å². The van der Waals surface area contributed by atoms with E-state index in [1.165, 1.54) is 68.0 Å². The Balaban J connectivity index is 1.16. The molecule has 0 radical (unpaired) electrons. The van der Waals surface area contributed by atoms with Gasteiger partial charge in [-0.25, -0.2) is 33.9 Å². The van der Waals surface area contributed by atoms with Gasteiger partial charge in [-0.3, -0.25) is 4.79 Å². The van der Waals surface area contributed by atoms with Crippen LogP contribution in [-0.4, -0.2) is 140 Å². The maximum Gasteiger partial charge on any atom is 0.366 e. The van der Waals surface area contributed by atoms with Crippen LogP contribution in [0, 0.1) is 0 Å². The first-order valence-corrected chi connectivity index (χ1v) is 28.0. The lowest BCUT2D eigenvalue weighted by Crippen LogP contribution is -2.70. The van der Waals surface area contributed by atoms with Crippen LogP contribution in [0.25, 0.3) is 0 Å². The van der Waals surface area contributed by atoms with Crippen LogP contribution in [0.2, 0.25) is 0 Å². The summed E-state index contributed by atoms with van der Waals surface area (Å²) in [6.45, 7) is -0.114. The highest BCUT2D eigenvalue weighted by molar-refractivity contribution is 5.91. The number of methoxy groups -OCH3 is 2. The summed E-state index contributed by atoms with van der Waals surface area (Å²) in [5.74, 6) is -8.74. The average Bonchev–Trinajstić information content (AvgIpc) is 1.78. The molecule has 7 aromatic rings. The number of hydrogen-bond donors (Lipinski definition) is 1. The molecule has 4 heterocycles. The van der Waals surface area contributed by atoms with Crippen molar-refractivity contribution in [2.45, 2.75) is 100 Å². The van der Waals surface area contributed by atoms with E-state index in [0.717, 1.165) is 30.7 Å². The second-order valence-electron chi connectivity index (χ2n) is 20.1. The van der Waals surface area contributed by atoms with E-state index in [4.69, 9.17) is 56.8 Å². The Kier molecular flexibility index (Phi) is 22.1. The lowest BCUT2D eigenvalue weighted by Gasteiger charge is -2.49. The molecule has 21 nitrogen and oxygen atoms in total. The minimum absolute atomic E-state index is 0.0209. The minimum Gasteiger partial charge on any atom is -0.465 e. The van der Waals surface area contributed by atoms with Crippen LogP contribution < -0.4 is 5.32 Å². The fraction of sp³-hybridized carbons (Fsp3) is 0.303. The van der Waals surface area contributed by atoms with Crippen molar-refractivity contribution in [3.8, 4) is 0 Å². The van der Waals surface area contributed by atoms with E-state index in [2.05, 4.69) is 15.3 Å². The molecule has 2 fully saturated rings. The Labute approximate surface area is 502 Å². The van der Waals surface area contributed by atoms with Crippen molar-refractivity contribution in [2.24, 2.45) is 0 Å². The lowest BCUT2D eigenvalue weighted by molar-refractivity contribution is -0.347. The van der Waals surface area contributed by atoms with Crippen LogP contribution in [0.4, 0.5) is 0 Å². The van der Waals surface area contributed by atoms with Crippen molar-refractivity contribution >= 4 is 35.8 Å². The maximum atomic E-state index is 15.1. The van der Waals surface area contributed by atoms with E-state index < -0.39 is 122 Å². The molecule has 2 aromatic heterocycles. The molecular weight excluding hydrogens is 1120 g/mol. The van der Waals surface area contributed by atoms with E-state index in [1.807, 2.05) is 91.0 Å². The smallest absolute Gasteiger partial charge is 0.366 e. The standard InChI is InChI=1S/C66H65N3O18/c1-43(70)69-54-51(83-61(72)48-31-17-8-18-32-48)37-66(65(75)77-3,87-57(54)56(86-63(74)50-34-20-22-36-68-50)52(84-62(73)49-33-19-21-35-67-49)41-81-60(71)47-29-15-7-16-30-47)82-42-53-55(78-38-44-23-9-4-10-24-44)58(79-39-45-25-11-5-12-26-45)59(64(76-2)85-53)80-40-46-27-13-6-14-28-46/h4-36,51-59,64H,37-42H2,1-3H3,(H,69,70)/t51-,52+,53+,54+,55+,56+,57+,58-,59+,64-,66+/m0/s1. The van der Waals surface area contributed by atoms with E-state index in [1.54, 1.807) is 48.5 Å². The summed E-state index contributed by atoms with van der Waals surface area (Å²) in [6.07, 6.45) is -11.2. The molecule has 0 bridgehead atoms. The molecule has 0 spiro atoms. The first-order valence-electron chi connectivity index (χ1n) is 28.0. The maximum absolute atomic E-state index is 15.1. The molecule has 9 rings (SSSR count). The average molecular weight is 1190 g/mol. The van der Waals surface area contributed by atoms with Crippen LogP contribution in [-0.2, 0) is 86.3 Å². The molecule has 1 N–H and O–H groups in total. The number of carbonyl (C=O) groups excluding carboxylic acids is 6. The van der Waals surface area contributed by atoms with Gasteiger partial charge in [0.05, 0.1) is 57.1 Å². The van der Waals surface area contributed by atoms with Crippen molar-refractivity contribution in [3.63, 3.8) is 0 Å². The summed E-state index contributed by atoms with van der Waals surface area (Å²) >= 11 is 0. The van der Waals surface area contributed by atoms with Crippen molar-refractivity contribution in [1.82, 2.24) is 15.3 Å². The molecule has 1 amide bonds. The number of rotatable bonds is 26. The third-order valence-corrected chi connectivity index (χ3v) is 14.2. The molecule has 21 heteroatoms. The number of aromatic nitrogens is 2. The molecule has 0 aliphatic carbocycles. The van der Waals surface area contributed by atoms with E-state index in [-0.39, 0.29) is 42.3 Å². The number of nitrogens with one attached hydrogen (secondary N) is 1. The van der Waals surface area contributed by atoms with Crippen molar-refractivity contribution in [1.29, 1.82) is 0 Å². The van der Waals surface area contributed by atoms with Gasteiger partial charge in [-0.2, -0.15) is 0 Å². The van der Waals surface area contributed by atoms with Gasteiger partial charge in [0.1, 0.15) is 54.6 Å². The van der Waals surface area contributed by atoms with Crippen LogP contribution in [0.3, 0.4) is 0 Å². The van der Waals surface area contributed by atoms with Crippen LogP contribution in [0.1, 0.15) is 71.7 Å². The minimum atomic E-state index is -2.74. The highest BCUT2D eigenvalue weighted by Gasteiger charge is 2.61. The molecule has 87 heavy (non-hydrogen) atoms. The molecule has 0 saturated carbocycles. The summed E-state index contributed by atoms with van der Waals surface area (Å²) in [5.41, 5.74) is 2.13. The van der Waals surface area contributed by atoms with Crippen LogP contribution in [0.5, 0.6) is 0 Å². The molecule has 5 aromatic carbocycles. The predicted molar refractivity (Wildman–Crippen MR) is 308 cm³/mol. The zero-order valence-corrected chi connectivity index (χ0v) is 47.8. The predicted octanol–water partition coefficient (Wildman–Crippen LogP) is 7.62. The van der Waals surface area contributed by atoms with Gasteiger partial charge >= 0.3 is 29.8 Å². The Morgan fingerprint density at radius 2 is 1.06 bits per heavy atom. The third-order valence-electron chi connectivity index (χ3n) is 14.2. The molecule has 11 atom stereocenters. The number of hydrogen-bond acceptors (Lipinski definition) is 20. The van der Waals surface area contributed by atoms with Gasteiger partial charge in [-0.05, 0) is 65.2 Å². The van der Waals surface area contributed by atoms with Gasteiger partial charge < -0.3 is 62.2 Å². The molecule has 2 aliphatic rings. The summed E-state index contributed by atoms with van der Waals surface area (Å²) in [5, 5.41) is 2.77. The molecule has 0 unspecified atom stereocenters. The highest BCUT2D eigenvalue weighted by atomic mass is 16.8. The molecule has 2 saturated heterocycles. The highest BCUT2D eigenvalue weighted by Crippen LogP contribution is 2.40. The quantitative estimate of drug-likeness (QED) is 0.0404. The number of esters is 5. The fourth-order valence-corrected chi connectivity index (χ4v) is 9.96. The normalized spacial score (nSPS) is 22.3. The SMILES string of the molecule is COC(=O)[C@@]1(OC[C@H]2O[C@H](OC)[C@H](OCc3ccccc3)[C@@H](OCc3ccccc3)[C@@H]2OCc2ccccc2)C[C@H](OC(=O)c2ccccc2)[C@@H](NC(C)=O)[C@H]([C@H](OC(=O)c2ccccn2)[C@@H](COC(=O)c2ccccc2)OC(=O)c2ccccn2)O1. The molecular formula is C66H65N3O18. The third kappa shape index (κ3) is 16.7. The van der Waals surface area contributed by atoms with Crippen LogP contribution >= 0.6 is 0 Å². The number of amides is 1. The van der Waals surface area contributed by atoms with E-state index in [9.17, 15) is 24.0 Å². The van der Waals surface area contributed by atoms with Crippen molar-refractivity contribution < 1.29 is 85.6 Å². The summed E-state index contributed by atoms with van der Waals surface area (Å²) < 4.78 is 77.0. The number of pyridine rings is 2. The van der Waals surface area contributed by atoms with Gasteiger partial charge in [-0.15, -0.1) is 0 Å². The van der Waals surface area contributed by atoms with Gasteiger partial charge in [-0.1, -0.05) is 140 Å². The van der Waals surface area contributed by atoms with Crippen molar-refractivity contribution in [3.05, 3.63) is 240 Å². The molecule has 2 aliphatic heterocycles. The number of nitrogens with zero attached hydrogens (tertiary/aromatic N) is 2.